The van der Waals surface area contributed by atoms with Gasteiger partial charge >= 0.3 is 5.69 Å². The van der Waals surface area contributed by atoms with Crippen LogP contribution in [0.1, 0.15) is 0 Å². The minimum atomic E-state index is -0.475. The lowest BCUT2D eigenvalue weighted by Crippen LogP contribution is -2.27. The molecule has 0 aliphatic rings. The predicted octanol–water partition coefficient (Wildman–Crippen LogP) is 1.11. The molecule has 2 aromatic rings. The van der Waals surface area contributed by atoms with E-state index in [2.05, 4.69) is 0 Å². The fourth-order valence-corrected chi connectivity index (χ4v) is 1.84. The largest absolute Gasteiger partial charge is 0.332 e. The van der Waals surface area contributed by atoms with Gasteiger partial charge in [0.25, 0.3) is 5.69 Å². The Kier molecular flexibility index (Phi) is 3.99. The third-order valence-electron chi connectivity index (χ3n) is 2.95. The van der Waals surface area contributed by atoms with E-state index in [1.807, 2.05) is 19.0 Å². The van der Waals surface area contributed by atoms with Crippen molar-refractivity contribution in [1.82, 2.24) is 14.0 Å². The summed E-state index contributed by atoms with van der Waals surface area (Å²) in [7, 11) is 3.87. The number of rotatable bonds is 5. The highest BCUT2D eigenvalue weighted by Gasteiger charge is 2.10. The molecule has 106 valence electrons. The summed E-state index contributed by atoms with van der Waals surface area (Å²) in [5.41, 5.74) is 0.260. The van der Waals surface area contributed by atoms with Gasteiger partial charge in [-0.1, -0.05) is 6.07 Å². The van der Waals surface area contributed by atoms with E-state index in [0.717, 1.165) is 6.54 Å². The summed E-state index contributed by atoms with van der Waals surface area (Å²) in [5, 5.41) is 10.8. The zero-order chi connectivity index (χ0) is 14.7. The Morgan fingerprint density at radius 2 is 2.05 bits per heavy atom. The number of hydrogen-bond donors (Lipinski definition) is 0. The number of imidazole rings is 1. The molecule has 7 heteroatoms. The second kappa shape index (κ2) is 5.70. The molecule has 0 N–H and O–H groups in total. The van der Waals surface area contributed by atoms with Crippen LogP contribution in [0.2, 0.25) is 0 Å². The van der Waals surface area contributed by atoms with Crippen molar-refractivity contribution in [1.29, 1.82) is 0 Å². The first-order valence-electron chi connectivity index (χ1n) is 6.16. The molecule has 0 spiro atoms. The van der Waals surface area contributed by atoms with Crippen LogP contribution in [-0.4, -0.2) is 39.6 Å². The Morgan fingerprint density at radius 1 is 1.30 bits per heavy atom. The van der Waals surface area contributed by atoms with Crippen molar-refractivity contribution >= 4 is 5.69 Å². The fourth-order valence-electron chi connectivity index (χ4n) is 1.84. The molecule has 2 rings (SSSR count). The number of aromatic nitrogens is 2. The standard InChI is InChI=1S/C13H16N4O3/c1-14(2)6-7-15-8-9-16(13(15)18)11-4-3-5-12(10-11)17(19)20/h3-5,8-10H,6-7H2,1-2H3. The van der Waals surface area contributed by atoms with Gasteiger partial charge in [-0.3, -0.25) is 19.2 Å². The summed E-state index contributed by atoms with van der Waals surface area (Å²) < 4.78 is 2.99. The molecule has 7 nitrogen and oxygen atoms in total. The lowest BCUT2D eigenvalue weighted by molar-refractivity contribution is -0.384. The van der Waals surface area contributed by atoms with Gasteiger partial charge in [-0.05, 0) is 20.2 Å². The van der Waals surface area contributed by atoms with Crippen molar-refractivity contribution in [2.24, 2.45) is 0 Å². The smallest absolute Gasteiger partial charge is 0.308 e. The van der Waals surface area contributed by atoms with Gasteiger partial charge in [0, 0.05) is 37.6 Å². The maximum absolute atomic E-state index is 12.2. The number of likely N-dealkylation sites (N-methyl/N-ethyl adjacent to an activating group) is 1. The number of nitro groups is 1. The van der Waals surface area contributed by atoms with Gasteiger partial charge in [-0.2, -0.15) is 0 Å². The van der Waals surface area contributed by atoms with Gasteiger partial charge in [0.1, 0.15) is 0 Å². The van der Waals surface area contributed by atoms with Gasteiger partial charge in [-0.25, -0.2) is 4.79 Å². The molecule has 0 aliphatic carbocycles. The van der Waals surface area contributed by atoms with Crippen LogP contribution < -0.4 is 5.69 Å². The number of hydrogen-bond acceptors (Lipinski definition) is 4. The Labute approximate surface area is 115 Å². The molecule has 0 saturated heterocycles. The maximum Gasteiger partial charge on any atom is 0.332 e. The number of benzene rings is 1. The van der Waals surface area contributed by atoms with E-state index in [9.17, 15) is 14.9 Å². The van der Waals surface area contributed by atoms with E-state index in [1.165, 1.54) is 16.7 Å². The Hall–Kier alpha value is -2.41. The van der Waals surface area contributed by atoms with Crippen LogP contribution in [0.4, 0.5) is 5.69 Å². The Bertz CT molecular complexity index is 672. The lowest BCUT2D eigenvalue weighted by atomic mass is 10.3. The van der Waals surface area contributed by atoms with Crippen molar-refractivity contribution in [3.63, 3.8) is 0 Å². The molecule has 0 atom stereocenters. The second-order valence-corrected chi connectivity index (χ2v) is 4.72. The van der Waals surface area contributed by atoms with Crippen molar-refractivity contribution in [2.75, 3.05) is 20.6 Å². The van der Waals surface area contributed by atoms with E-state index in [0.29, 0.717) is 12.2 Å². The average Bonchev–Trinajstić information content (AvgIpc) is 2.78. The number of non-ortho nitro benzene ring substituents is 1. The molecule has 0 unspecified atom stereocenters. The quantitative estimate of drug-likeness (QED) is 0.605. The van der Waals surface area contributed by atoms with Crippen molar-refractivity contribution < 1.29 is 4.92 Å². The Morgan fingerprint density at radius 3 is 2.70 bits per heavy atom. The molecule has 1 heterocycles. The molecule has 0 amide bonds. The topological polar surface area (TPSA) is 73.3 Å². The highest BCUT2D eigenvalue weighted by Crippen LogP contribution is 2.15. The summed E-state index contributed by atoms with van der Waals surface area (Å²) in [6, 6.07) is 6.02. The zero-order valence-corrected chi connectivity index (χ0v) is 11.4. The number of nitrogens with zero attached hydrogens (tertiary/aromatic N) is 4. The van der Waals surface area contributed by atoms with Gasteiger partial charge in [0.2, 0.25) is 0 Å². The van der Waals surface area contributed by atoms with Gasteiger partial charge in [-0.15, -0.1) is 0 Å². The third-order valence-corrected chi connectivity index (χ3v) is 2.95. The van der Waals surface area contributed by atoms with Crippen LogP contribution in [0.5, 0.6) is 0 Å². The summed E-state index contributed by atoms with van der Waals surface area (Å²) in [4.78, 5) is 24.5. The number of nitro benzene ring substituents is 1. The minimum Gasteiger partial charge on any atom is -0.308 e. The molecule has 20 heavy (non-hydrogen) atoms. The third kappa shape index (κ3) is 2.94. The molecular formula is C13H16N4O3. The van der Waals surface area contributed by atoms with E-state index in [1.54, 1.807) is 29.1 Å². The molecular weight excluding hydrogens is 260 g/mol. The zero-order valence-electron chi connectivity index (χ0n) is 11.4. The van der Waals surface area contributed by atoms with Crippen LogP contribution in [-0.2, 0) is 6.54 Å². The van der Waals surface area contributed by atoms with Gasteiger partial charge in [0.15, 0.2) is 0 Å². The minimum absolute atomic E-state index is 0.0320. The van der Waals surface area contributed by atoms with E-state index >= 15 is 0 Å². The second-order valence-electron chi connectivity index (χ2n) is 4.72. The van der Waals surface area contributed by atoms with Crippen LogP contribution >= 0.6 is 0 Å². The summed E-state index contributed by atoms with van der Waals surface area (Å²) in [6.07, 6.45) is 3.31. The molecule has 0 fully saturated rings. The normalized spacial score (nSPS) is 10.9. The predicted molar refractivity (Wildman–Crippen MR) is 75.2 cm³/mol. The molecule has 1 aromatic carbocycles. The first kappa shape index (κ1) is 14.0. The van der Waals surface area contributed by atoms with Gasteiger partial charge in [0.05, 0.1) is 10.6 Å². The lowest BCUT2D eigenvalue weighted by Gasteiger charge is -2.08. The Balaban J connectivity index is 2.32. The monoisotopic (exact) mass is 276 g/mol. The van der Waals surface area contributed by atoms with Crippen LogP contribution in [0.3, 0.4) is 0 Å². The van der Waals surface area contributed by atoms with E-state index in [4.69, 9.17) is 0 Å². The summed E-state index contributed by atoms with van der Waals surface area (Å²) >= 11 is 0. The van der Waals surface area contributed by atoms with Crippen molar-refractivity contribution in [3.05, 3.63) is 57.3 Å². The van der Waals surface area contributed by atoms with Crippen molar-refractivity contribution in [2.45, 2.75) is 6.54 Å². The maximum atomic E-state index is 12.2. The van der Waals surface area contributed by atoms with Crippen LogP contribution in [0.25, 0.3) is 5.69 Å². The van der Waals surface area contributed by atoms with Crippen LogP contribution in [0.15, 0.2) is 41.5 Å². The fraction of sp³-hybridized carbons (Fsp3) is 0.308. The highest BCUT2D eigenvalue weighted by molar-refractivity contribution is 5.43. The molecule has 0 aliphatic heterocycles. The molecule has 0 saturated carbocycles. The highest BCUT2D eigenvalue weighted by atomic mass is 16.6. The first-order chi connectivity index (χ1) is 9.49. The van der Waals surface area contributed by atoms with Crippen LogP contribution in [0, 0.1) is 10.1 Å². The van der Waals surface area contributed by atoms with Gasteiger partial charge < -0.3 is 4.90 Å². The van der Waals surface area contributed by atoms with E-state index in [-0.39, 0.29) is 11.4 Å². The summed E-state index contributed by atoms with van der Waals surface area (Å²) in [5.74, 6) is 0. The summed E-state index contributed by atoms with van der Waals surface area (Å²) in [6.45, 7) is 1.33. The molecule has 0 bridgehead atoms. The molecule has 1 aromatic heterocycles. The van der Waals surface area contributed by atoms with Crippen molar-refractivity contribution in [3.8, 4) is 5.69 Å². The average molecular weight is 276 g/mol. The SMILES string of the molecule is CN(C)CCn1ccn(-c2cccc([N+](=O)[O-])c2)c1=O. The molecule has 0 radical (unpaired) electrons. The first-order valence-corrected chi connectivity index (χ1v) is 6.16. The van der Waals surface area contributed by atoms with E-state index < -0.39 is 4.92 Å².